The van der Waals surface area contributed by atoms with Gasteiger partial charge < -0.3 is 10.2 Å². The Bertz CT molecular complexity index is 346. The quantitative estimate of drug-likeness (QED) is 0.739. The number of hydrogen-bond donors (Lipinski definition) is 2. The summed E-state index contributed by atoms with van der Waals surface area (Å²) in [5.41, 5.74) is 0. The van der Waals surface area contributed by atoms with E-state index >= 15 is 0 Å². The fourth-order valence-electron chi connectivity index (χ4n) is 1.45. The molecule has 0 atom stereocenters. The molecule has 0 radical (unpaired) electrons. The molecule has 0 aliphatic heterocycles. The summed E-state index contributed by atoms with van der Waals surface area (Å²) in [5.74, 6) is 0. The van der Waals surface area contributed by atoms with Crippen molar-refractivity contribution in [2.24, 2.45) is 0 Å². The largest absolute Gasteiger partial charge is 0.396 e. The molecule has 2 N–H and O–H groups in total. The van der Waals surface area contributed by atoms with Crippen LogP contribution < -0.4 is 0 Å². The molecule has 0 spiro atoms. The van der Waals surface area contributed by atoms with Gasteiger partial charge in [0.15, 0.2) is 0 Å². The molecule has 88 valence electrons. The topological polar surface area (TPSA) is 67.5 Å². The maximum Gasteiger partial charge on any atom is 0.110 e. The monoisotopic (exact) mass is 240 g/mol. The zero-order valence-electron chi connectivity index (χ0n) is 9.09. The smallest absolute Gasteiger partial charge is 0.110 e. The summed E-state index contributed by atoms with van der Waals surface area (Å²) in [4.78, 5) is 3.90. The highest BCUT2D eigenvalue weighted by atomic mass is 32.1. The van der Waals surface area contributed by atoms with Crippen molar-refractivity contribution >= 4 is 11.3 Å². The summed E-state index contributed by atoms with van der Waals surface area (Å²) in [7, 11) is 0. The van der Waals surface area contributed by atoms with Crippen molar-refractivity contribution in [2.45, 2.75) is 13.0 Å². The molecule has 0 aliphatic rings. The fourth-order valence-corrected chi connectivity index (χ4v) is 2.30. The van der Waals surface area contributed by atoms with Gasteiger partial charge in [0.2, 0.25) is 0 Å². The van der Waals surface area contributed by atoms with Gasteiger partial charge in [-0.1, -0.05) is 0 Å². The molecule has 1 aromatic heterocycles. The Kier molecular flexibility index (Phi) is 6.04. The van der Waals surface area contributed by atoms with Crippen molar-refractivity contribution in [3.8, 4) is 6.07 Å². The zero-order chi connectivity index (χ0) is 11.8. The Morgan fingerprint density at radius 2 is 2.06 bits per heavy atom. The average Bonchev–Trinajstić information content (AvgIpc) is 2.74. The predicted octanol–water partition coefficient (Wildman–Crippen LogP) is 0.796. The lowest BCUT2D eigenvalue weighted by Gasteiger charge is -2.19. The number of rotatable bonds is 7. The summed E-state index contributed by atoms with van der Waals surface area (Å²) >= 11 is 1.47. The van der Waals surface area contributed by atoms with Crippen LogP contribution in [0.25, 0.3) is 0 Å². The van der Waals surface area contributed by atoms with E-state index in [2.05, 4.69) is 11.0 Å². The Labute approximate surface area is 99.4 Å². The molecule has 0 unspecified atom stereocenters. The third-order valence-corrected chi connectivity index (χ3v) is 3.17. The van der Waals surface area contributed by atoms with Crippen LogP contribution in [0.1, 0.15) is 16.2 Å². The number of hydrogen-bond acceptors (Lipinski definition) is 5. The molecule has 1 rings (SSSR count). The maximum absolute atomic E-state index is 8.91. The summed E-state index contributed by atoms with van der Waals surface area (Å²) in [5, 5.41) is 26.4. The second-order valence-electron chi connectivity index (χ2n) is 3.45. The zero-order valence-corrected chi connectivity index (χ0v) is 9.91. The second kappa shape index (κ2) is 7.36. The molecule has 0 aromatic carbocycles. The third kappa shape index (κ3) is 4.29. The van der Waals surface area contributed by atoms with E-state index in [1.807, 2.05) is 12.1 Å². The van der Waals surface area contributed by atoms with Gasteiger partial charge in [0.1, 0.15) is 10.9 Å². The van der Waals surface area contributed by atoms with E-state index in [0.717, 1.165) is 18.0 Å². The highest BCUT2D eigenvalue weighted by molar-refractivity contribution is 7.12. The van der Waals surface area contributed by atoms with Crippen LogP contribution in [-0.2, 0) is 6.54 Å². The van der Waals surface area contributed by atoms with Crippen molar-refractivity contribution in [2.75, 3.05) is 26.3 Å². The molecular weight excluding hydrogens is 224 g/mol. The number of nitriles is 1. The minimum absolute atomic E-state index is 0.113. The molecular formula is C11H16N2O2S. The van der Waals surface area contributed by atoms with Crippen LogP contribution in [-0.4, -0.2) is 41.4 Å². The van der Waals surface area contributed by atoms with Gasteiger partial charge in [0.25, 0.3) is 0 Å². The summed E-state index contributed by atoms with van der Waals surface area (Å²) in [6, 6.07) is 5.85. The minimum atomic E-state index is 0.113. The van der Waals surface area contributed by atoms with Crippen molar-refractivity contribution in [3.63, 3.8) is 0 Å². The SMILES string of the molecule is N#Cc1ccc(CN(CCO)CCCO)s1. The number of aliphatic hydroxyl groups excluding tert-OH is 2. The third-order valence-electron chi connectivity index (χ3n) is 2.20. The van der Waals surface area contributed by atoms with E-state index in [1.165, 1.54) is 11.3 Å². The lowest BCUT2D eigenvalue weighted by Crippen LogP contribution is -2.27. The van der Waals surface area contributed by atoms with E-state index in [1.54, 1.807) is 0 Å². The second-order valence-corrected chi connectivity index (χ2v) is 4.62. The molecule has 1 heterocycles. The van der Waals surface area contributed by atoms with Crippen LogP contribution in [0.2, 0.25) is 0 Å². The van der Waals surface area contributed by atoms with Crippen molar-refractivity contribution in [3.05, 3.63) is 21.9 Å². The van der Waals surface area contributed by atoms with Gasteiger partial charge in [0.05, 0.1) is 6.61 Å². The highest BCUT2D eigenvalue weighted by Crippen LogP contribution is 2.17. The van der Waals surface area contributed by atoms with E-state index in [-0.39, 0.29) is 13.2 Å². The lowest BCUT2D eigenvalue weighted by atomic mass is 10.3. The molecule has 16 heavy (non-hydrogen) atoms. The maximum atomic E-state index is 8.91. The summed E-state index contributed by atoms with van der Waals surface area (Å²) in [6.07, 6.45) is 0.705. The number of thiophene rings is 1. The van der Waals surface area contributed by atoms with Crippen LogP contribution in [0, 0.1) is 11.3 Å². The van der Waals surface area contributed by atoms with Gasteiger partial charge in [0, 0.05) is 31.1 Å². The first-order valence-corrected chi connectivity index (χ1v) is 6.04. The van der Waals surface area contributed by atoms with Crippen molar-refractivity contribution in [1.82, 2.24) is 4.90 Å². The van der Waals surface area contributed by atoms with Gasteiger partial charge >= 0.3 is 0 Å². The molecule has 0 saturated heterocycles. The van der Waals surface area contributed by atoms with Gasteiger partial charge in [-0.2, -0.15) is 5.26 Å². The van der Waals surface area contributed by atoms with E-state index in [4.69, 9.17) is 15.5 Å². The molecule has 0 aliphatic carbocycles. The van der Waals surface area contributed by atoms with Crippen LogP contribution in [0.5, 0.6) is 0 Å². The Hall–Kier alpha value is -0.930. The van der Waals surface area contributed by atoms with Crippen LogP contribution in [0.4, 0.5) is 0 Å². The first kappa shape index (κ1) is 13.1. The van der Waals surface area contributed by atoms with E-state index in [0.29, 0.717) is 17.8 Å². The van der Waals surface area contributed by atoms with Crippen molar-refractivity contribution < 1.29 is 10.2 Å². The van der Waals surface area contributed by atoms with Crippen LogP contribution >= 0.6 is 11.3 Å². The Morgan fingerprint density at radius 3 is 2.62 bits per heavy atom. The molecule has 1 aromatic rings. The molecule has 0 saturated carbocycles. The molecule has 0 bridgehead atoms. The van der Waals surface area contributed by atoms with Gasteiger partial charge in [-0.25, -0.2) is 0 Å². The Morgan fingerprint density at radius 1 is 1.25 bits per heavy atom. The average molecular weight is 240 g/mol. The molecule has 0 fully saturated rings. The lowest BCUT2D eigenvalue weighted by molar-refractivity contribution is 0.175. The first-order chi connectivity index (χ1) is 7.80. The summed E-state index contributed by atoms with van der Waals surface area (Å²) in [6.45, 7) is 2.36. The molecule has 0 amide bonds. The first-order valence-electron chi connectivity index (χ1n) is 5.23. The van der Waals surface area contributed by atoms with E-state index in [9.17, 15) is 0 Å². The standard InChI is InChI=1S/C11H16N2O2S/c12-8-10-2-3-11(16-10)9-13(5-7-15)4-1-6-14/h2-3,14-15H,1,4-7,9H2. The highest BCUT2D eigenvalue weighted by Gasteiger charge is 2.07. The minimum Gasteiger partial charge on any atom is -0.396 e. The van der Waals surface area contributed by atoms with Gasteiger partial charge in [-0.05, 0) is 18.6 Å². The van der Waals surface area contributed by atoms with Crippen LogP contribution in [0.3, 0.4) is 0 Å². The molecule has 5 heteroatoms. The number of aliphatic hydroxyl groups is 2. The fraction of sp³-hybridized carbons (Fsp3) is 0.545. The van der Waals surface area contributed by atoms with Crippen LogP contribution in [0.15, 0.2) is 12.1 Å². The van der Waals surface area contributed by atoms with Crippen molar-refractivity contribution in [1.29, 1.82) is 5.26 Å². The normalized spacial score (nSPS) is 10.6. The van der Waals surface area contributed by atoms with Gasteiger partial charge in [-0.15, -0.1) is 11.3 Å². The summed E-state index contributed by atoms with van der Waals surface area (Å²) < 4.78 is 0. The Balaban J connectivity index is 2.50. The number of nitrogens with zero attached hydrogens (tertiary/aromatic N) is 2. The van der Waals surface area contributed by atoms with E-state index < -0.39 is 0 Å². The molecule has 4 nitrogen and oxygen atoms in total. The predicted molar refractivity (Wildman–Crippen MR) is 63.1 cm³/mol. The van der Waals surface area contributed by atoms with Gasteiger partial charge in [-0.3, -0.25) is 4.90 Å².